The Morgan fingerprint density at radius 1 is 1.18 bits per heavy atom. The highest BCUT2D eigenvalue weighted by Gasteiger charge is 2.79. The van der Waals surface area contributed by atoms with E-state index in [0.717, 1.165) is 42.9 Å². The van der Waals surface area contributed by atoms with Gasteiger partial charge >= 0.3 is 0 Å². The lowest BCUT2D eigenvalue weighted by Gasteiger charge is -2.70. The van der Waals surface area contributed by atoms with Crippen molar-refractivity contribution in [2.45, 2.75) is 56.0 Å². The second-order valence-electron chi connectivity index (χ2n) is 10.9. The van der Waals surface area contributed by atoms with Gasteiger partial charge in [0.25, 0.3) is 0 Å². The van der Waals surface area contributed by atoms with Crippen molar-refractivity contribution < 1.29 is 19.0 Å². The maximum atomic E-state index is 13.0. The fourth-order valence-electron chi connectivity index (χ4n) is 8.35. The van der Waals surface area contributed by atoms with Gasteiger partial charge in [-0.2, -0.15) is 0 Å². The molecule has 2 spiro atoms. The summed E-state index contributed by atoms with van der Waals surface area (Å²) in [6, 6.07) is 14.9. The van der Waals surface area contributed by atoms with Crippen LogP contribution in [0.2, 0.25) is 0 Å². The van der Waals surface area contributed by atoms with Gasteiger partial charge in [0.05, 0.1) is 11.3 Å². The fourth-order valence-corrected chi connectivity index (χ4v) is 8.35. The minimum Gasteiger partial charge on any atom is -0.485 e. The number of ether oxygens (including phenoxy) is 3. The quantitative estimate of drug-likeness (QED) is 0.634. The summed E-state index contributed by atoms with van der Waals surface area (Å²) in [4.78, 5) is 15.5. The molecule has 1 saturated heterocycles. The topological polar surface area (TPSA) is 48.0 Å². The van der Waals surface area contributed by atoms with Crippen molar-refractivity contribution in [2.24, 2.45) is 11.3 Å². The molecular weight excluding hydrogens is 426 g/mol. The summed E-state index contributed by atoms with van der Waals surface area (Å²) in [5.74, 6) is 1.65. The number of piperidine rings is 1. The number of benzene rings is 2. The zero-order valence-corrected chi connectivity index (χ0v) is 20.0. The zero-order valence-electron chi connectivity index (χ0n) is 20.0. The molecule has 2 aromatic carbocycles. The second-order valence-corrected chi connectivity index (χ2v) is 10.9. The van der Waals surface area contributed by atoms with Crippen LogP contribution in [0.25, 0.3) is 0 Å². The Hall–Kier alpha value is -2.63. The van der Waals surface area contributed by atoms with E-state index in [-0.39, 0.29) is 28.6 Å². The summed E-state index contributed by atoms with van der Waals surface area (Å²) in [6.07, 6.45) is 7.13. The molecule has 4 bridgehead atoms. The third kappa shape index (κ3) is 2.21. The van der Waals surface area contributed by atoms with Gasteiger partial charge < -0.3 is 19.1 Å². The van der Waals surface area contributed by atoms with Gasteiger partial charge in [0, 0.05) is 24.1 Å². The third-order valence-electron chi connectivity index (χ3n) is 9.79. The Balaban J connectivity index is 1.42. The number of carbonyl (C=O) groups is 1. The van der Waals surface area contributed by atoms with E-state index in [1.807, 2.05) is 18.2 Å². The Labute approximate surface area is 200 Å². The van der Waals surface area contributed by atoms with Crippen LogP contribution in [0.5, 0.6) is 11.5 Å². The van der Waals surface area contributed by atoms with Gasteiger partial charge in [-0.1, -0.05) is 48.6 Å². The molecule has 6 aliphatic rings. The molecular formula is C29H31NO4. The van der Waals surface area contributed by atoms with Gasteiger partial charge in [-0.25, -0.2) is 0 Å². The highest BCUT2D eigenvalue weighted by atomic mass is 16.6. The predicted molar refractivity (Wildman–Crippen MR) is 128 cm³/mol. The number of fused-ring (bicyclic) bond motifs is 1. The summed E-state index contributed by atoms with van der Waals surface area (Å²) in [5.41, 5.74) is 2.72. The molecule has 2 aromatic rings. The van der Waals surface area contributed by atoms with E-state index in [2.05, 4.69) is 48.4 Å². The van der Waals surface area contributed by atoms with Crippen LogP contribution in [0, 0.1) is 11.3 Å². The van der Waals surface area contributed by atoms with E-state index >= 15 is 0 Å². The molecule has 176 valence electrons. The number of rotatable bonds is 5. The molecule has 0 unspecified atom stereocenters. The predicted octanol–water partition coefficient (Wildman–Crippen LogP) is 4.07. The maximum absolute atomic E-state index is 13.0. The summed E-state index contributed by atoms with van der Waals surface area (Å²) in [7, 11) is 3.98. The van der Waals surface area contributed by atoms with Gasteiger partial charge in [0.1, 0.15) is 24.1 Å². The lowest BCUT2D eigenvalue weighted by Crippen LogP contribution is -2.79. The summed E-state index contributed by atoms with van der Waals surface area (Å²) in [5, 5.41) is 0. The molecule has 0 aromatic heterocycles. The van der Waals surface area contributed by atoms with Crippen molar-refractivity contribution in [2.75, 3.05) is 20.7 Å². The van der Waals surface area contributed by atoms with Crippen molar-refractivity contribution in [3.05, 3.63) is 71.3 Å². The van der Waals surface area contributed by atoms with E-state index in [1.165, 1.54) is 11.1 Å². The highest BCUT2D eigenvalue weighted by molar-refractivity contribution is 5.82. The van der Waals surface area contributed by atoms with Crippen molar-refractivity contribution >= 4 is 5.78 Å². The SMILES string of the molecule is CO[C@]12C=C[C@@]3(C[C@H]1C(C)=O)[C@H]1Cc4ccc(OCc5ccccc5)c5c4[C@@]3(CCN1C)[C@H]2O5. The highest BCUT2D eigenvalue weighted by Crippen LogP contribution is 2.74. The fraction of sp³-hybridized carbons (Fsp3) is 0.483. The molecule has 8 rings (SSSR count). The zero-order chi connectivity index (χ0) is 23.3. The van der Waals surface area contributed by atoms with Crippen molar-refractivity contribution in [3.63, 3.8) is 0 Å². The number of likely N-dealkylation sites (N-methyl/N-ethyl adjacent to an activating group) is 1. The van der Waals surface area contributed by atoms with Gasteiger partial charge in [-0.05, 0) is 57.0 Å². The lowest BCUT2D eigenvalue weighted by atomic mass is 9.37. The van der Waals surface area contributed by atoms with Crippen molar-refractivity contribution in [3.8, 4) is 11.5 Å². The van der Waals surface area contributed by atoms with Crippen LogP contribution < -0.4 is 9.47 Å². The molecule has 1 saturated carbocycles. The van der Waals surface area contributed by atoms with E-state index < -0.39 is 5.60 Å². The van der Waals surface area contributed by atoms with E-state index in [0.29, 0.717) is 12.6 Å². The monoisotopic (exact) mass is 457 g/mol. The number of hydrogen-bond acceptors (Lipinski definition) is 5. The minimum atomic E-state index is -0.752. The first-order valence-electron chi connectivity index (χ1n) is 12.4. The molecule has 6 atom stereocenters. The Bertz CT molecular complexity index is 1220. The summed E-state index contributed by atoms with van der Waals surface area (Å²) < 4.78 is 19.6. The maximum Gasteiger partial charge on any atom is 0.166 e. The molecule has 2 fully saturated rings. The molecule has 2 heterocycles. The van der Waals surface area contributed by atoms with Crippen molar-refractivity contribution in [1.82, 2.24) is 4.90 Å². The Morgan fingerprint density at radius 3 is 2.76 bits per heavy atom. The first kappa shape index (κ1) is 20.7. The normalized spacial score (nSPS) is 38.4. The van der Waals surface area contributed by atoms with Crippen LogP contribution in [0.3, 0.4) is 0 Å². The number of hydrogen-bond donors (Lipinski definition) is 0. The number of Topliss-reactive ketones (excluding diaryl/α,β-unsaturated/α-hetero) is 1. The number of likely N-dealkylation sites (tertiary alicyclic amines) is 1. The summed E-state index contributed by atoms with van der Waals surface area (Å²) in [6.45, 7) is 3.22. The van der Waals surface area contributed by atoms with Crippen LogP contribution in [-0.4, -0.2) is 49.1 Å². The van der Waals surface area contributed by atoms with Crippen LogP contribution >= 0.6 is 0 Å². The minimum absolute atomic E-state index is 0.141. The molecule has 34 heavy (non-hydrogen) atoms. The Morgan fingerprint density at radius 2 is 2.00 bits per heavy atom. The van der Waals surface area contributed by atoms with Gasteiger partial charge in [0.15, 0.2) is 11.5 Å². The number of ketones is 1. The molecule has 0 radical (unpaired) electrons. The molecule has 0 N–H and O–H groups in total. The van der Waals surface area contributed by atoms with E-state index in [1.54, 1.807) is 14.0 Å². The molecule has 2 aliphatic heterocycles. The second kappa shape index (κ2) is 6.73. The van der Waals surface area contributed by atoms with Crippen molar-refractivity contribution in [1.29, 1.82) is 0 Å². The largest absolute Gasteiger partial charge is 0.485 e. The van der Waals surface area contributed by atoms with E-state index in [4.69, 9.17) is 14.2 Å². The van der Waals surface area contributed by atoms with Crippen LogP contribution in [-0.2, 0) is 28.0 Å². The van der Waals surface area contributed by atoms with E-state index in [9.17, 15) is 4.79 Å². The van der Waals surface area contributed by atoms with Crippen LogP contribution in [0.4, 0.5) is 0 Å². The molecule has 4 aliphatic carbocycles. The first-order valence-corrected chi connectivity index (χ1v) is 12.4. The number of carbonyl (C=O) groups excluding carboxylic acids is 1. The van der Waals surface area contributed by atoms with Crippen LogP contribution in [0.1, 0.15) is 36.5 Å². The van der Waals surface area contributed by atoms with Gasteiger partial charge in [-0.3, -0.25) is 4.79 Å². The molecule has 0 amide bonds. The third-order valence-corrected chi connectivity index (χ3v) is 9.79. The summed E-state index contributed by atoms with van der Waals surface area (Å²) >= 11 is 0. The van der Waals surface area contributed by atoms with Gasteiger partial charge in [0.2, 0.25) is 0 Å². The number of nitrogens with zero attached hydrogens (tertiary/aromatic N) is 1. The average molecular weight is 458 g/mol. The molecule has 5 nitrogen and oxygen atoms in total. The first-order chi connectivity index (χ1) is 16.5. The van der Waals surface area contributed by atoms with Crippen LogP contribution in [0.15, 0.2) is 54.6 Å². The Kier molecular flexibility index (Phi) is 4.10. The standard InChI is InChI=1S/C29H31NO4/c1-18(31)21-16-27-11-12-29(21,32-3)26-28(27)13-14-30(2)23(27)15-20-9-10-22(25(34-26)24(20)28)33-17-19-7-5-4-6-8-19/h4-12,21,23,26H,13-17H2,1-3H3/t21-,23+,26+,27+,28-,29+/m0/s1. The van der Waals surface area contributed by atoms with Gasteiger partial charge in [-0.15, -0.1) is 0 Å². The number of methoxy groups -OCH3 is 1. The smallest absolute Gasteiger partial charge is 0.166 e. The lowest BCUT2D eigenvalue weighted by molar-refractivity contribution is -0.212. The average Bonchev–Trinajstić information content (AvgIpc) is 3.23. The molecule has 5 heteroatoms.